The Hall–Kier alpha value is -1.42. The fraction of sp³-hybridized carbons (Fsp3) is 0.625. The van der Waals surface area contributed by atoms with E-state index in [0.29, 0.717) is 5.92 Å². The molecule has 0 bridgehead atoms. The normalized spacial score (nSPS) is 21.2. The van der Waals surface area contributed by atoms with Crippen molar-refractivity contribution in [2.75, 3.05) is 13.1 Å². The van der Waals surface area contributed by atoms with Crippen LogP contribution in [0.15, 0.2) is 24.5 Å². The third-order valence-corrected chi connectivity index (χ3v) is 4.43. The monoisotopic (exact) mass is 275 g/mol. The zero-order valence-corrected chi connectivity index (χ0v) is 12.6. The Balaban J connectivity index is 1.99. The van der Waals surface area contributed by atoms with Crippen molar-refractivity contribution >= 4 is 5.91 Å². The van der Waals surface area contributed by atoms with E-state index in [1.54, 1.807) is 12.4 Å². The number of hydrogen-bond donors (Lipinski definition) is 2. The molecule has 0 saturated carbocycles. The van der Waals surface area contributed by atoms with Crippen LogP contribution in [0.4, 0.5) is 0 Å². The van der Waals surface area contributed by atoms with Gasteiger partial charge in [0.15, 0.2) is 0 Å². The van der Waals surface area contributed by atoms with E-state index in [4.69, 9.17) is 0 Å². The molecule has 1 aliphatic rings. The molecule has 2 N–H and O–H groups in total. The summed E-state index contributed by atoms with van der Waals surface area (Å²) in [4.78, 5) is 16.7. The van der Waals surface area contributed by atoms with Gasteiger partial charge in [0.05, 0.1) is 6.04 Å². The first kappa shape index (κ1) is 15.0. The molecule has 0 aliphatic carbocycles. The maximum absolute atomic E-state index is 12.6. The van der Waals surface area contributed by atoms with Crippen molar-refractivity contribution in [3.05, 3.63) is 30.1 Å². The van der Waals surface area contributed by atoms with Gasteiger partial charge in [-0.1, -0.05) is 19.9 Å². The quantitative estimate of drug-likeness (QED) is 0.886. The summed E-state index contributed by atoms with van der Waals surface area (Å²) >= 11 is 0. The van der Waals surface area contributed by atoms with Crippen LogP contribution in [0.3, 0.4) is 0 Å². The standard InChI is InChI=1S/C16H25N3O/c1-12(13-6-4-8-17-10-13)19-15(20)16(2,3)14-7-5-9-18-11-14/h4,6,8,10,12,14,18H,5,7,9,11H2,1-3H3,(H,19,20)/t12-,14?/m0/s1. The van der Waals surface area contributed by atoms with Crippen molar-refractivity contribution in [3.63, 3.8) is 0 Å². The van der Waals surface area contributed by atoms with Gasteiger partial charge in [0, 0.05) is 17.8 Å². The van der Waals surface area contributed by atoms with Crippen LogP contribution in [-0.4, -0.2) is 24.0 Å². The molecule has 4 nitrogen and oxygen atoms in total. The molecule has 0 spiro atoms. The van der Waals surface area contributed by atoms with Crippen molar-refractivity contribution in [2.24, 2.45) is 11.3 Å². The molecule has 0 radical (unpaired) electrons. The highest BCUT2D eigenvalue weighted by molar-refractivity contribution is 5.82. The predicted octanol–water partition coefficient (Wildman–Crippen LogP) is 2.28. The minimum Gasteiger partial charge on any atom is -0.349 e. The first-order valence-electron chi connectivity index (χ1n) is 7.43. The average molecular weight is 275 g/mol. The molecule has 1 amide bonds. The van der Waals surface area contributed by atoms with E-state index < -0.39 is 0 Å². The van der Waals surface area contributed by atoms with E-state index >= 15 is 0 Å². The van der Waals surface area contributed by atoms with Gasteiger partial charge in [-0.25, -0.2) is 0 Å². The first-order valence-corrected chi connectivity index (χ1v) is 7.43. The summed E-state index contributed by atoms with van der Waals surface area (Å²) in [5, 5.41) is 6.52. The Labute approximate surface area is 121 Å². The molecule has 1 aromatic heterocycles. The van der Waals surface area contributed by atoms with Crippen molar-refractivity contribution in [1.82, 2.24) is 15.6 Å². The molecule has 1 aliphatic heterocycles. The molecule has 20 heavy (non-hydrogen) atoms. The highest BCUT2D eigenvalue weighted by Gasteiger charge is 2.37. The molecule has 1 saturated heterocycles. The van der Waals surface area contributed by atoms with E-state index in [9.17, 15) is 4.79 Å². The maximum Gasteiger partial charge on any atom is 0.226 e. The molecule has 110 valence electrons. The number of pyridine rings is 1. The van der Waals surface area contributed by atoms with E-state index in [2.05, 4.69) is 29.5 Å². The molecule has 1 fully saturated rings. The lowest BCUT2D eigenvalue weighted by molar-refractivity contribution is -0.133. The SMILES string of the molecule is C[C@H](NC(=O)C(C)(C)C1CCCNC1)c1cccnc1. The maximum atomic E-state index is 12.6. The summed E-state index contributed by atoms with van der Waals surface area (Å²) in [5.74, 6) is 0.528. The summed E-state index contributed by atoms with van der Waals surface area (Å²) in [6.45, 7) is 8.11. The summed E-state index contributed by atoms with van der Waals surface area (Å²) in [6.07, 6.45) is 5.82. The van der Waals surface area contributed by atoms with Crippen LogP contribution in [0.5, 0.6) is 0 Å². The number of nitrogens with one attached hydrogen (secondary N) is 2. The number of amides is 1. The Morgan fingerprint density at radius 2 is 2.35 bits per heavy atom. The average Bonchev–Trinajstić information content (AvgIpc) is 2.49. The zero-order valence-electron chi connectivity index (χ0n) is 12.6. The second kappa shape index (κ2) is 6.35. The number of carbonyl (C=O) groups is 1. The third-order valence-electron chi connectivity index (χ3n) is 4.43. The van der Waals surface area contributed by atoms with Crippen LogP contribution in [0, 0.1) is 11.3 Å². The second-order valence-corrected chi connectivity index (χ2v) is 6.25. The number of rotatable bonds is 4. The highest BCUT2D eigenvalue weighted by Crippen LogP contribution is 2.32. The lowest BCUT2D eigenvalue weighted by Crippen LogP contribution is -2.47. The van der Waals surface area contributed by atoms with Gasteiger partial charge >= 0.3 is 0 Å². The minimum atomic E-state index is -0.343. The number of hydrogen-bond acceptors (Lipinski definition) is 3. The molecular weight excluding hydrogens is 250 g/mol. The molecule has 2 atom stereocenters. The number of aromatic nitrogens is 1. The fourth-order valence-electron chi connectivity index (χ4n) is 2.75. The number of nitrogens with zero attached hydrogens (tertiary/aromatic N) is 1. The molecule has 1 unspecified atom stereocenters. The van der Waals surface area contributed by atoms with Crippen molar-refractivity contribution in [2.45, 2.75) is 39.7 Å². The summed E-state index contributed by atoms with van der Waals surface area (Å²) in [5.41, 5.74) is 0.697. The minimum absolute atomic E-state index is 0.00738. The Morgan fingerprint density at radius 1 is 1.55 bits per heavy atom. The van der Waals surface area contributed by atoms with Gasteiger partial charge in [-0.2, -0.15) is 0 Å². The van der Waals surface area contributed by atoms with E-state index in [-0.39, 0.29) is 17.4 Å². The van der Waals surface area contributed by atoms with Crippen LogP contribution in [0.2, 0.25) is 0 Å². The van der Waals surface area contributed by atoms with Gasteiger partial charge in [0.2, 0.25) is 5.91 Å². The molecule has 0 aromatic carbocycles. The van der Waals surface area contributed by atoms with Crippen molar-refractivity contribution < 1.29 is 4.79 Å². The van der Waals surface area contributed by atoms with Crippen LogP contribution in [0.1, 0.15) is 45.2 Å². The third kappa shape index (κ3) is 3.37. The topological polar surface area (TPSA) is 54.0 Å². The van der Waals surface area contributed by atoms with Crippen LogP contribution < -0.4 is 10.6 Å². The molecule has 1 aromatic rings. The lowest BCUT2D eigenvalue weighted by Gasteiger charge is -2.36. The van der Waals surface area contributed by atoms with Gasteiger partial charge in [-0.15, -0.1) is 0 Å². The van der Waals surface area contributed by atoms with Crippen molar-refractivity contribution in [3.8, 4) is 0 Å². The fourth-order valence-corrected chi connectivity index (χ4v) is 2.75. The summed E-state index contributed by atoms with van der Waals surface area (Å²) in [7, 11) is 0. The van der Waals surface area contributed by atoms with Crippen LogP contribution in [-0.2, 0) is 4.79 Å². The molecule has 2 heterocycles. The Kier molecular flexibility index (Phi) is 4.76. The van der Waals surface area contributed by atoms with Gasteiger partial charge in [-0.05, 0) is 50.4 Å². The lowest BCUT2D eigenvalue weighted by atomic mass is 9.74. The first-order chi connectivity index (χ1) is 9.51. The largest absolute Gasteiger partial charge is 0.349 e. The Morgan fingerprint density at radius 3 is 2.95 bits per heavy atom. The zero-order chi connectivity index (χ0) is 14.6. The van der Waals surface area contributed by atoms with E-state index in [1.165, 1.54) is 0 Å². The van der Waals surface area contributed by atoms with E-state index in [0.717, 1.165) is 31.5 Å². The summed E-state index contributed by atoms with van der Waals surface area (Å²) in [6, 6.07) is 3.88. The molecule has 2 rings (SSSR count). The van der Waals surface area contributed by atoms with Gasteiger partial charge in [0.25, 0.3) is 0 Å². The number of piperidine rings is 1. The van der Waals surface area contributed by atoms with Crippen LogP contribution in [0.25, 0.3) is 0 Å². The highest BCUT2D eigenvalue weighted by atomic mass is 16.2. The van der Waals surface area contributed by atoms with Gasteiger partial charge in [0.1, 0.15) is 0 Å². The van der Waals surface area contributed by atoms with Crippen molar-refractivity contribution in [1.29, 1.82) is 0 Å². The smallest absolute Gasteiger partial charge is 0.226 e. The predicted molar refractivity (Wildman–Crippen MR) is 80.2 cm³/mol. The van der Waals surface area contributed by atoms with Crippen LogP contribution >= 0.6 is 0 Å². The summed E-state index contributed by atoms with van der Waals surface area (Å²) < 4.78 is 0. The Bertz CT molecular complexity index is 438. The van der Waals surface area contributed by atoms with E-state index in [1.807, 2.05) is 19.1 Å². The second-order valence-electron chi connectivity index (χ2n) is 6.25. The van der Waals surface area contributed by atoms with Gasteiger partial charge < -0.3 is 10.6 Å². The van der Waals surface area contributed by atoms with Gasteiger partial charge in [-0.3, -0.25) is 9.78 Å². The molecular formula is C16H25N3O. The number of carbonyl (C=O) groups excluding carboxylic acids is 1. The molecule has 4 heteroatoms.